The molecule has 1 saturated carbocycles. The molecule has 1 aliphatic heterocycles. The van der Waals surface area contributed by atoms with E-state index in [4.69, 9.17) is 4.74 Å². The van der Waals surface area contributed by atoms with Gasteiger partial charge in [-0.05, 0) is 54.3 Å². The van der Waals surface area contributed by atoms with E-state index in [0.29, 0.717) is 35.7 Å². The Morgan fingerprint density at radius 1 is 1.27 bits per heavy atom. The minimum Gasteiger partial charge on any atom is -0.495 e. The van der Waals surface area contributed by atoms with Crippen LogP contribution in [-0.4, -0.2) is 64.8 Å². The number of nitrogens with one attached hydrogen (secondary N) is 1. The van der Waals surface area contributed by atoms with E-state index in [9.17, 15) is 13.2 Å². The Balaban J connectivity index is 1.46. The molecule has 4 rings (SSSR count). The normalized spacial score (nSPS) is 17.6. The van der Waals surface area contributed by atoms with Crippen LogP contribution in [0.4, 0.5) is 5.69 Å². The fraction of sp³-hybridized carbons (Fsp3) is 0.556. The zero-order valence-electron chi connectivity index (χ0n) is 16.7. The van der Waals surface area contributed by atoms with Crippen LogP contribution in [0.25, 0.3) is 0 Å². The van der Waals surface area contributed by atoms with Crippen molar-refractivity contribution in [1.29, 1.82) is 0 Å². The highest BCUT2D eigenvalue weighted by atomic mass is 32.2. The first-order valence-electron chi connectivity index (χ1n) is 9.88. The van der Waals surface area contributed by atoms with Crippen molar-refractivity contribution in [3.63, 3.8) is 0 Å². The molecule has 12 heteroatoms. The van der Waals surface area contributed by atoms with E-state index in [-0.39, 0.29) is 16.6 Å². The molecule has 1 aliphatic carbocycles. The molecule has 1 amide bonds. The Morgan fingerprint density at radius 3 is 2.73 bits per heavy atom. The van der Waals surface area contributed by atoms with E-state index in [1.807, 2.05) is 0 Å². The van der Waals surface area contributed by atoms with Crippen molar-refractivity contribution in [3.8, 4) is 5.75 Å². The van der Waals surface area contributed by atoms with Gasteiger partial charge in [-0.25, -0.2) is 13.1 Å². The number of hydrogen-bond donors (Lipinski definition) is 1. The van der Waals surface area contributed by atoms with Crippen molar-refractivity contribution in [1.82, 2.24) is 24.5 Å². The standard InChI is InChI=1S/C18H24N6O4S2/c1-28-16-8-7-14(30(26,27)23-9-3-2-4-10-23)11-15(16)19-17(25)12-29-18-20-21-22-24(18)13-5-6-13/h7-8,11,13H,2-6,9-10,12H2,1H3,(H,19,25). The molecule has 2 fully saturated rings. The van der Waals surface area contributed by atoms with Gasteiger partial charge in [-0.3, -0.25) is 4.79 Å². The monoisotopic (exact) mass is 452 g/mol. The number of ether oxygens (including phenoxy) is 1. The highest BCUT2D eigenvalue weighted by molar-refractivity contribution is 7.99. The third-order valence-electron chi connectivity index (χ3n) is 5.09. The number of benzene rings is 1. The first-order chi connectivity index (χ1) is 14.5. The second kappa shape index (κ2) is 8.90. The average Bonchev–Trinajstić information content (AvgIpc) is 3.50. The number of hydrogen-bond acceptors (Lipinski definition) is 8. The molecule has 1 saturated heterocycles. The first-order valence-corrected chi connectivity index (χ1v) is 12.3. The maximum absolute atomic E-state index is 13.0. The van der Waals surface area contributed by atoms with E-state index < -0.39 is 10.0 Å². The number of piperidine rings is 1. The molecule has 2 heterocycles. The predicted molar refractivity (Wildman–Crippen MR) is 111 cm³/mol. The number of nitrogens with zero attached hydrogens (tertiary/aromatic N) is 5. The fourth-order valence-electron chi connectivity index (χ4n) is 3.34. The van der Waals surface area contributed by atoms with Gasteiger partial charge in [0.05, 0.1) is 29.5 Å². The molecule has 2 aliphatic rings. The van der Waals surface area contributed by atoms with Gasteiger partial charge in [0.1, 0.15) is 5.75 Å². The smallest absolute Gasteiger partial charge is 0.243 e. The lowest BCUT2D eigenvalue weighted by atomic mass is 10.2. The van der Waals surface area contributed by atoms with Crippen LogP contribution in [0.1, 0.15) is 38.1 Å². The molecule has 1 N–H and O–H groups in total. The number of carbonyl (C=O) groups is 1. The molecule has 30 heavy (non-hydrogen) atoms. The molecule has 0 unspecified atom stereocenters. The Labute approximate surface area is 179 Å². The molecule has 0 radical (unpaired) electrons. The van der Waals surface area contributed by atoms with Crippen molar-refractivity contribution in [3.05, 3.63) is 18.2 Å². The van der Waals surface area contributed by atoms with Gasteiger partial charge in [0.25, 0.3) is 0 Å². The SMILES string of the molecule is COc1ccc(S(=O)(=O)N2CCCCC2)cc1NC(=O)CSc1nnnn1C1CC1. The summed E-state index contributed by atoms with van der Waals surface area (Å²) in [6.45, 7) is 1.03. The van der Waals surface area contributed by atoms with Crippen LogP contribution in [-0.2, 0) is 14.8 Å². The lowest BCUT2D eigenvalue weighted by molar-refractivity contribution is -0.113. The van der Waals surface area contributed by atoms with Gasteiger partial charge < -0.3 is 10.1 Å². The van der Waals surface area contributed by atoms with Crippen LogP contribution in [0.2, 0.25) is 0 Å². The molecule has 10 nitrogen and oxygen atoms in total. The van der Waals surface area contributed by atoms with Crippen molar-refractivity contribution >= 4 is 33.4 Å². The second-order valence-corrected chi connectivity index (χ2v) is 10.2. The van der Waals surface area contributed by atoms with Gasteiger partial charge in [0.15, 0.2) is 0 Å². The molecule has 1 aromatic carbocycles. The summed E-state index contributed by atoms with van der Waals surface area (Å²) < 4.78 is 34.5. The molecular formula is C18H24N6O4S2. The third-order valence-corrected chi connectivity index (χ3v) is 7.91. The topological polar surface area (TPSA) is 119 Å². The maximum Gasteiger partial charge on any atom is 0.243 e. The summed E-state index contributed by atoms with van der Waals surface area (Å²) in [7, 11) is -2.14. The largest absolute Gasteiger partial charge is 0.495 e. The van der Waals surface area contributed by atoms with Crippen molar-refractivity contribution in [2.75, 3.05) is 31.3 Å². The number of methoxy groups -OCH3 is 1. The summed E-state index contributed by atoms with van der Waals surface area (Å²) in [6.07, 6.45) is 4.84. The van der Waals surface area contributed by atoms with Gasteiger partial charge in [0, 0.05) is 13.1 Å². The average molecular weight is 453 g/mol. The van der Waals surface area contributed by atoms with E-state index in [1.54, 1.807) is 10.7 Å². The zero-order valence-corrected chi connectivity index (χ0v) is 18.3. The molecule has 0 spiro atoms. The zero-order chi connectivity index (χ0) is 21.1. The van der Waals surface area contributed by atoms with E-state index in [2.05, 4.69) is 20.8 Å². The van der Waals surface area contributed by atoms with Gasteiger partial charge in [-0.15, -0.1) is 5.10 Å². The Morgan fingerprint density at radius 2 is 2.03 bits per heavy atom. The van der Waals surface area contributed by atoms with Gasteiger partial charge in [-0.2, -0.15) is 4.31 Å². The summed E-state index contributed by atoms with van der Waals surface area (Å²) in [5.41, 5.74) is 0.322. The number of sulfonamides is 1. The van der Waals surface area contributed by atoms with Gasteiger partial charge in [0.2, 0.25) is 21.1 Å². The number of aromatic nitrogens is 4. The van der Waals surface area contributed by atoms with E-state index >= 15 is 0 Å². The van der Waals surface area contributed by atoms with E-state index in [1.165, 1.54) is 35.3 Å². The summed E-state index contributed by atoms with van der Waals surface area (Å²) >= 11 is 1.24. The fourth-order valence-corrected chi connectivity index (χ4v) is 5.63. The predicted octanol–water partition coefficient (Wildman–Crippen LogP) is 1.92. The number of carbonyl (C=O) groups excluding carboxylic acids is 1. The van der Waals surface area contributed by atoms with Crippen molar-refractivity contribution in [2.24, 2.45) is 0 Å². The molecule has 2 aromatic rings. The molecule has 0 bridgehead atoms. The Hall–Kier alpha value is -2.18. The van der Waals surface area contributed by atoms with Crippen LogP contribution in [0.3, 0.4) is 0 Å². The molecule has 0 atom stereocenters. The number of anilines is 1. The molecule has 1 aromatic heterocycles. The van der Waals surface area contributed by atoms with Crippen LogP contribution >= 0.6 is 11.8 Å². The number of amides is 1. The van der Waals surface area contributed by atoms with Gasteiger partial charge in [-0.1, -0.05) is 18.2 Å². The van der Waals surface area contributed by atoms with Crippen LogP contribution < -0.4 is 10.1 Å². The molecule has 162 valence electrons. The maximum atomic E-state index is 13.0. The summed E-state index contributed by atoms with van der Waals surface area (Å²) in [4.78, 5) is 12.7. The first kappa shape index (κ1) is 21.1. The highest BCUT2D eigenvalue weighted by Gasteiger charge is 2.29. The Kier molecular flexibility index (Phi) is 6.25. The van der Waals surface area contributed by atoms with Crippen LogP contribution in [0.15, 0.2) is 28.3 Å². The third kappa shape index (κ3) is 4.60. The van der Waals surface area contributed by atoms with Crippen LogP contribution in [0.5, 0.6) is 5.75 Å². The van der Waals surface area contributed by atoms with Crippen molar-refractivity contribution < 1.29 is 17.9 Å². The number of rotatable bonds is 8. The highest BCUT2D eigenvalue weighted by Crippen LogP contribution is 2.36. The summed E-state index contributed by atoms with van der Waals surface area (Å²) in [6, 6.07) is 4.85. The number of tetrazole rings is 1. The van der Waals surface area contributed by atoms with Crippen LogP contribution in [0, 0.1) is 0 Å². The second-order valence-electron chi connectivity index (χ2n) is 7.30. The minimum absolute atomic E-state index is 0.0966. The van der Waals surface area contributed by atoms with Crippen molar-refractivity contribution in [2.45, 2.75) is 48.2 Å². The van der Waals surface area contributed by atoms with Gasteiger partial charge >= 0.3 is 0 Å². The molecular weight excluding hydrogens is 428 g/mol. The lowest BCUT2D eigenvalue weighted by Crippen LogP contribution is -2.35. The lowest BCUT2D eigenvalue weighted by Gasteiger charge is -2.26. The minimum atomic E-state index is -3.61. The quantitative estimate of drug-likeness (QED) is 0.604. The van der Waals surface area contributed by atoms with E-state index in [0.717, 1.165) is 32.1 Å². The summed E-state index contributed by atoms with van der Waals surface area (Å²) in [5, 5.41) is 15.0. The summed E-state index contributed by atoms with van der Waals surface area (Å²) in [5.74, 6) is 0.198. The number of thioether (sulfide) groups is 1. The Bertz CT molecular complexity index is 1020.